The van der Waals surface area contributed by atoms with Crippen LogP contribution in [-0.2, 0) is 0 Å². The molecule has 1 unspecified atom stereocenters. The number of hydrogen-bond donors (Lipinski definition) is 0. The van der Waals surface area contributed by atoms with Crippen molar-refractivity contribution in [1.29, 1.82) is 0 Å². The van der Waals surface area contributed by atoms with Gasteiger partial charge in [0.05, 0.1) is 12.0 Å². The van der Waals surface area contributed by atoms with Crippen LogP contribution in [0.5, 0.6) is 0 Å². The van der Waals surface area contributed by atoms with E-state index in [1.165, 1.54) is 22.3 Å². The molecule has 0 amide bonds. The Kier molecular flexibility index (Phi) is 5.38. The summed E-state index contributed by atoms with van der Waals surface area (Å²) in [5, 5.41) is 0. The molecule has 0 radical (unpaired) electrons. The van der Waals surface area contributed by atoms with Gasteiger partial charge in [0.15, 0.2) is 0 Å². The second kappa shape index (κ2) is 7.36. The van der Waals surface area contributed by atoms with Crippen molar-refractivity contribution in [3.63, 3.8) is 0 Å². The van der Waals surface area contributed by atoms with Crippen LogP contribution in [0, 0.1) is 27.7 Å². The molecule has 0 spiro atoms. The third-order valence-corrected chi connectivity index (χ3v) is 6.19. The molecule has 3 rings (SSSR count). The van der Waals surface area contributed by atoms with Crippen molar-refractivity contribution >= 4 is 11.9 Å². The quantitative estimate of drug-likeness (QED) is 0.785. The van der Waals surface area contributed by atoms with Gasteiger partial charge in [-0.05, 0) is 69.2 Å². The van der Waals surface area contributed by atoms with Crippen LogP contribution in [0.2, 0.25) is 0 Å². The molecule has 134 valence electrons. The predicted molar refractivity (Wildman–Crippen MR) is 107 cm³/mol. The number of fused-ring (bicyclic) bond motifs is 1. The van der Waals surface area contributed by atoms with Crippen molar-refractivity contribution in [3.8, 4) is 0 Å². The monoisotopic (exact) mass is 355 g/mol. The van der Waals surface area contributed by atoms with Gasteiger partial charge in [-0.15, -0.1) is 0 Å². The Bertz CT molecular complexity index is 824. The van der Waals surface area contributed by atoms with E-state index in [1.807, 2.05) is 11.9 Å². The molecule has 25 heavy (non-hydrogen) atoms. The second-order valence-corrected chi connectivity index (χ2v) is 8.13. The van der Waals surface area contributed by atoms with Crippen LogP contribution in [0.3, 0.4) is 0 Å². The van der Waals surface area contributed by atoms with Crippen molar-refractivity contribution in [3.05, 3.63) is 57.5 Å². The minimum Gasteiger partial charge on any atom is -0.264 e. The third kappa shape index (κ3) is 3.55. The topological polar surface area (TPSA) is 30.2 Å². The minimum atomic E-state index is 0.348. The average Bonchev–Trinajstić information content (AvgIpc) is 2.95. The van der Waals surface area contributed by atoms with E-state index in [2.05, 4.69) is 63.7 Å². The van der Waals surface area contributed by atoms with Crippen molar-refractivity contribution in [2.45, 2.75) is 66.3 Å². The van der Waals surface area contributed by atoms with Gasteiger partial charge in [-0.3, -0.25) is 8.96 Å². The molecular weight excluding hydrogens is 326 g/mol. The molecule has 0 bridgehead atoms. The van der Waals surface area contributed by atoms with Gasteiger partial charge in [-0.2, -0.15) is 0 Å². The van der Waals surface area contributed by atoms with E-state index in [0.717, 1.165) is 35.6 Å². The fourth-order valence-corrected chi connectivity index (χ4v) is 5.04. The molecule has 1 aliphatic heterocycles. The third-order valence-electron chi connectivity index (χ3n) is 5.07. The van der Waals surface area contributed by atoms with Crippen LogP contribution < -0.4 is 5.49 Å². The molecule has 1 aromatic carbocycles. The van der Waals surface area contributed by atoms with Gasteiger partial charge in [0.2, 0.25) is 0 Å². The minimum absolute atomic E-state index is 0.348. The number of benzene rings is 1. The smallest absolute Gasteiger partial charge is 0.141 e. The maximum absolute atomic E-state index is 5.02. The number of aryl methyl sites for hydroxylation is 4. The maximum Gasteiger partial charge on any atom is 0.141 e. The second-order valence-electron chi connectivity index (χ2n) is 7.17. The molecule has 1 aromatic heterocycles. The first-order chi connectivity index (χ1) is 11.9. The largest absolute Gasteiger partial charge is 0.264 e. The SMILES string of the molecule is CCC(CC)N=c1cc(C)nc2n1SCC2c1c(C)cc(C)cc1C. The number of aromatic nitrogens is 2. The van der Waals surface area contributed by atoms with Gasteiger partial charge in [0, 0.05) is 17.5 Å². The lowest BCUT2D eigenvalue weighted by Crippen LogP contribution is -2.23. The predicted octanol–water partition coefficient (Wildman–Crippen LogP) is 4.85. The zero-order valence-electron chi connectivity index (χ0n) is 16.3. The molecule has 0 fully saturated rings. The highest BCUT2D eigenvalue weighted by molar-refractivity contribution is 7.98. The van der Waals surface area contributed by atoms with Crippen molar-refractivity contribution < 1.29 is 0 Å². The molecule has 4 heteroatoms. The Balaban J connectivity index is 2.15. The Morgan fingerprint density at radius 3 is 2.36 bits per heavy atom. The summed E-state index contributed by atoms with van der Waals surface area (Å²) in [6, 6.07) is 7.11. The van der Waals surface area contributed by atoms with E-state index in [4.69, 9.17) is 9.98 Å². The molecule has 1 aliphatic rings. The number of hydrogen-bond acceptors (Lipinski definition) is 3. The van der Waals surface area contributed by atoms with Crippen molar-refractivity contribution in [2.24, 2.45) is 4.99 Å². The fourth-order valence-electron chi connectivity index (χ4n) is 3.90. The number of nitrogens with zero attached hydrogens (tertiary/aromatic N) is 3. The lowest BCUT2D eigenvalue weighted by Gasteiger charge is -2.17. The first-order valence-corrected chi connectivity index (χ1v) is 10.2. The summed E-state index contributed by atoms with van der Waals surface area (Å²) >= 11 is 1.85. The Labute approximate surface area is 155 Å². The molecule has 2 aromatic rings. The molecule has 0 N–H and O–H groups in total. The highest BCUT2D eigenvalue weighted by Crippen LogP contribution is 2.37. The van der Waals surface area contributed by atoms with Gasteiger partial charge >= 0.3 is 0 Å². The molecular formula is C21H29N3S. The van der Waals surface area contributed by atoms with Gasteiger partial charge in [-0.25, -0.2) is 4.98 Å². The van der Waals surface area contributed by atoms with Gasteiger partial charge < -0.3 is 0 Å². The zero-order valence-corrected chi connectivity index (χ0v) is 17.1. The summed E-state index contributed by atoms with van der Waals surface area (Å²) < 4.78 is 2.27. The first kappa shape index (κ1) is 18.2. The molecule has 0 saturated carbocycles. The van der Waals surface area contributed by atoms with E-state index in [1.54, 1.807) is 0 Å². The molecule has 1 atom stereocenters. The Hall–Kier alpha value is -1.55. The highest BCUT2D eigenvalue weighted by Gasteiger charge is 2.29. The van der Waals surface area contributed by atoms with E-state index in [9.17, 15) is 0 Å². The van der Waals surface area contributed by atoms with E-state index < -0.39 is 0 Å². The Morgan fingerprint density at radius 2 is 1.76 bits per heavy atom. The van der Waals surface area contributed by atoms with E-state index >= 15 is 0 Å². The average molecular weight is 356 g/mol. The van der Waals surface area contributed by atoms with Crippen molar-refractivity contribution in [1.82, 2.24) is 8.96 Å². The molecule has 3 nitrogen and oxygen atoms in total. The van der Waals surface area contributed by atoms with Crippen LogP contribution >= 0.6 is 11.9 Å². The fraction of sp³-hybridized carbons (Fsp3) is 0.524. The van der Waals surface area contributed by atoms with Gasteiger partial charge in [0.25, 0.3) is 0 Å². The van der Waals surface area contributed by atoms with Crippen LogP contribution in [0.15, 0.2) is 23.2 Å². The first-order valence-electron chi connectivity index (χ1n) is 9.30. The summed E-state index contributed by atoms with van der Waals surface area (Å²) in [6.07, 6.45) is 2.16. The molecule has 0 saturated heterocycles. The summed E-state index contributed by atoms with van der Waals surface area (Å²) in [7, 11) is 0. The van der Waals surface area contributed by atoms with Gasteiger partial charge in [0.1, 0.15) is 11.3 Å². The lowest BCUT2D eigenvalue weighted by molar-refractivity contribution is 0.607. The summed E-state index contributed by atoms with van der Waals surface area (Å²) in [4.78, 5) is 9.94. The van der Waals surface area contributed by atoms with Crippen LogP contribution in [0.4, 0.5) is 0 Å². The Morgan fingerprint density at radius 1 is 1.12 bits per heavy atom. The standard InChI is InChI=1S/C21H29N3S/c1-7-17(8-2)23-19-11-16(6)22-21-18(12-25-24(19)21)20-14(4)9-13(3)10-15(20)5/h9-11,17-18H,7-8,12H2,1-6H3. The lowest BCUT2D eigenvalue weighted by atomic mass is 9.90. The summed E-state index contributed by atoms with van der Waals surface area (Å²) in [6.45, 7) is 13.1. The van der Waals surface area contributed by atoms with E-state index in [0.29, 0.717) is 12.0 Å². The van der Waals surface area contributed by atoms with Crippen LogP contribution in [0.25, 0.3) is 0 Å². The van der Waals surface area contributed by atoms with Crippen LogP contribution in [-0.4, -0.2) is 20.8 Å². The summed E-state index contributed by atoms with van der Waals surface area (Å²) in [5.74, 6) is 2.54. The van der Waals surface area contributed by atoms with E-state index in [-0.39, 0.29) is 0 Å². The zero-order chi connectivity index (χ0) is 18.1. The molecule has 0 aliphatic carbocycles. The van der Waals surface area contributed by atoms with Gasteiger partial charge in [-0.1, -0.05) is 31.5 Å². The maximum atomic E-state index is 5.02. The highest BCUT2D eigenvalue weighted by atomic mass is 32.2. The normalized spacial score (nSPS) is 17.4. The molecule has 2 heterocycles. The van der Waals surface area contributed by atoms with Crippen molar-refractivity contribution in [2.75, 3.05) is 5.75 Å². The summed E-state index contributed by atoms with van der Waals surface area (Å²) in [5.41, 5.74) is 7.66. The van der Waals surface area contributed by atoms with Crippen LogP contribution in [0.1, 0.15) is 66.4 Å². The number of rotatable bonds is 4.